The van der Waals surface area contributed by atoms with E-state index in [0.717, 1.165) is 42.1 Å². The van der Waals surface area contributed by atoms with Crippen LogP contribution in [0.4, 0.5) is 5.13 Å². The summed E-state index contributed by atoms with van der Waals surface area (Å²) in [5.41, 5.74) is 0. The third kappa shape index (κ3) is 3.21. The number of benzene rings is 1. The molecule has 100 valence electrons. The molecule has 0 atom stereocenters. The van der Waals surface area contributed by atoms with E-state index in [1.54, 1.807) is 11.3 Å². The van der Waals surface area contributed by atoms with Crippen LogP contribution in [0.2, 0.25) is 0 Å². The predicted molar refractivity (Wildman–Crippen MR) is 75.8 cm³/mol. The molecular formula is C13H16N4OS. The maximum atomic E-state index is 5.67. The van der Waals surface area contributed by atoms with E-state index in [9.17, 15) is 0 Å². The van der Waals surface area contributed by atoms with Gasteiger partial charge in [-0.25, -0.2) is 0 Å². The van der Waals surface area contributed by atoms with Gasteiger partial charge in [0, 0.05) is 26.2 Å². The lowest BCUT2D eigenvalue weighted by Crippen LogP contribution is -2.43. The van der Waals surface area contributed by atoms with Crippen molar-refractivity contribution in [1.82, 2.24) is 15.5 Å². The van der Waals surface area contributed by atoms with E-state index < -0.39 is 0 Å². The number of nitrogens with one attached hydrogen (secondary N) is 1. The normalized spacial score (nSPS) is 15.5. The first-order valence-corrected chi connectivity index (χ1v) is 7.19. The number of anilines is 1. The van der Waals surface area contributed by atoms with Crippen molar-refractivity contribution < 1.29 is 4.74 Å². The van der Waals surface area contributed by atoms with Crippen molar-refractivity contribution in [1.29, 1.82) is 0 Å². The van der Waals surface area contributed by atoms with Gasteiger partial charge in [-0.3, -0.25) is 0 Å². The van der Waals surface area contributed by atoms with E-state index in [2.05, 4.69) is 20.4 Å². The summed E-state index contributed by atoms with van der Waals surface area (Å²) >= 11 is 1.61. The van der Waals surface area contributed by atoms with Crippen molar-refractivity contribution in [3.8, 4) is 5.75 Å². The summed E-state index contributed by atoms with van der Waals surface area (Å²) in [7, 11) is 0. The minimum Gasteiger partial charge on any atom is -0.486 e. The van der Waals surface area contributed by atoms with Crippen molar-refractivity contribution in [3.05, 3.63) is 35.3 Å². The van der Waals surface area contributed by atoms with Gasteiger partial charge >= 0.3 is 0 Å². The molecule has 0 radical (unpaired) electrons. The van der Waals surface area contributed by atoms with Gasteiger partial charge in [-0.1, -0.05) is 29.5 Å². The molecule has 6 heteroatoms. The summed E-state index contributed by atoms with van der Waals surface area (Å²) in [6, 6.07) is 9.78. The molecule has 19 heavy (non-hydrogen) atoms. The summed E-state index contributed by atoms with van der Waals surface area (Å²) in [5, 5.41) is 13.7. The SMILES string of the molecule is c1ccc(OCc2nnc(N3CCNCC3)s2)cc1. The van der Waals surface area contributed by atoms with Crippen molar-refractivity contribution in [2.75, 3.05) is 31.1 Å². The maximum absolute atomic E-state index is 5.67. The van der Waals surface area contributed by atoms with Crippen molar-refractivity contribution in [2.45, 2.75) is 6.61 Å². The zero-order chi connectivity index (χ0) is 12.9. The first-order chi connectivity index (χ1) is 9.42. The van der Waals surface area contributed by atoms with Crippen LogP contribution < -0.4 is 15.0 Å². The molecule has 2 aromatic rings. The Balaban J connectivity index is 1.58. The lowest BCUT2D eigenvalue weighted by atomic mass is 10.3. The van der Waals surface area contributed by atoms with Crippen molar-refractivity contribution in [3.63, 3.8) is 0 Å². The van der Waals surface area contributed by atoms with Gasteiger partial charge in [-0.05, 0) is 12.1 Å². The molecular weight excluding hydrogens is 260 g/mol. The highest BCUT2D eigenvalue weighted by atomic mass is 32.1. The van der Waals surface area contributed by atoms with E-state index in [1.807, 2.05) is 30.3 Å². The molecule has 1 N–H and O–H groups in total. The van der Waals surface area contributed by atoms with E-state index >= 15 is 0 Å². The number of hydrogen-bond acceptors (Lipinski definition) is 6. The molecule has 0 saturated carbocycles. The zero-order valence-corrected chi connectivity index (χ0v) is 11.4. The topological polar surface area (TPSA) is 50.3 Å². The molecule has 1 aromatic carbocycles. The van der Waals surface area contributed by atoms with Crippen LogP contribution in [-0.2, 0) is 6.61 Å². The number of aromatic nitrogens is 2. The predicted octanol–water partition coefficient (Wildman–Crippen LogP) is 1.53. The fourth-order valence-corrected chi connectivity index (χ4v) is 2.75. The maximum Gasteiger partial charge on any atom is 0.208 e. The Morgan fingerprint density at radius 2 is 1.95 bits per heavy atom. The fourth-order valence-electron chi connectivity index (χ4n) is 1.95. The van der Waals surface area contributed by atoms with Gasteiger partial charge in [-0.2, -0.15) is 0 Å². The van der Waals surface area contributed by atoms with Gasteiger partial charge < -0.3 is 15.0 Å². The summed E-state index contributed by atoms with van der Waals surface area (Å²) in [5.74, 6) is 0.862. The first-order valence-electron chi connectivity index (χ1n) is 6.38. The Labute approximate surface area is 116 Å². The van der Waals surface area contributed by atoms with Crippen LogP contribution in [0.3, 0.4) is 0 Å². The summed E-state index contributed by atoms with van der Waals surface area (Å²) in [6.45, 7) is 4.49. The Bertz CT molecular complexity index is 510. The molecule has 0 bridgehead atoms. The fraction of sp³-hybridized carbons (Fsp3) is 0.385. The van der Waals surface area contributed by atoms with E-state index in [-0.39, 0.29) is 0 Å². The monoisotopic (exact) mass is 276 g/mol. The average molecular weight is 276 g/mol. The Kier molecular flexibility index (Phi) is 3.90. The molecule has 1 aromatic heterocycles. The van der Waals surface area contributed by atoms with Crippen molar-refractivity contribution >= 4 is 16.5 Å². The molecule has 1 aliphatic heterocycles. The molecule has 3 rings (SSSR count). The number of hydrogen-bond donors (Lipinski definition) is 1. The average Bonchev–Trinajstić information content (AvgIpc) is 2.96. The van der Waals surface area contributed by atoms with Gasteiger partial charge in [0.05, 0.1) is 0 Å². The third-order valence-electron chi connectivity index (χ3n) is 2.95. The lowest BCUT2D eigenvalue weighted by Gasteiger charge is -2.26. The molecule has 2 heterocycles. The highest BCUT2D eigenvalue weighted by Gasteiger charge is 2.15. The highest BCUT2D eigenvalue weighted by Crippen LogP contribution is 2.21. The molecule has 1 aliphatic rings. The molecule has 5 nitrogen and oxygen atoms in total. The summed E-state index contributed by atoms with van der Waals surface area (Å²) in [4.78, 5) is 2.26. The van der Waals surface area contributed by atoms with Gasteiger partial charge in [0.25, 0.3) is 0 Å². The van der Waals surface area contributed by atoms with Crippen LogP contribution in [-0.4, -0.2) is 36.4 Å². The van der Waals surface area contributed by atoms with Crippen LogP contribution in [0.15, 0.2) is 30.3 Å². The van der Waals surface area contributed by atoms with E-state index in [1.165, 1.54) is 0 Å². The van der Waals surface area contributed by atoms with Crippen LogP contribution in [0, 0.1) is 0 Å². The quantitative estimate of drug-likeness (QED) is 0.917. The second-order valence-electron chi connectivity index (χ2n) is 4.32. The van der Waals surface area contributed by atoms with E-state index in [4.69, 9.17) is 4.74 Å². The number of ether oxygens (including phenoxy) is 1. The van der Waals surface area contributed by atoms with Gasteiger partial charge in [-0.15, -0.1) is 10.2 Å². The minimum absolute atomic E-state index is 0.480. The number of nitrogens with zero attached hydrogens (tertiary/aromatic N) is 3. The van der Waals surface area contributed by atoms with Crippen LogP contribution >= 0.6 is 11.3 Å². The van der Waals surface area contributed by atoms with Crippen LogP contribution in [0.5, 0.6) is 5.75 Å². The second-order valence-corrected chi connectivity index (χ2v) is 5.36. The smallest absolute Gasteiger partial charge is 0.208 e. The lowest BCUT2D eigenvalue weighted by molar-refractivity contribution is 0.304. The Morgan fingerprint density at radius 3 is 2.74 bits per heavy atom. The van der Waals surface area contributed by atoms with Crippen molar-refractivity contribution in [2.24, 2.45) is 0 Å². The zero-order valence-electron chi connectivity index (χ0n) is 10.6. The molecule has 0 aliphatic carbocycles. The molecule has 1 saturated heterocycles. The Morgan fingerprint density at radius 1 is 1.16 bits per heavy atom. The van der Waals surface area contributed by atoms with E-state index in [0.29, 0.717) is 6.61 Å². The van der Waals surface area contributed by atoms with Gasteiger partial charge in [0.15, 0.2) is 5.01 Å². The van der Waals surface area contributed by atoms with Gasteiger partial charge in [0.1, 0.15) is 12.4 Å². The largest absolute Gasteiger partial charge is 0.486 e. The molecule has 0 spiro atoms. The van der Waals surface area contributed by atoms with Gasteiger partial charge in [0.2, 0.25) is 5.13 Å². The molecule has 0 amide bonds. The van der Waals surface area contributed by atoms with Crippen LogP contribution in [0.1, 0.15) is 5.01 Å². The summed E-state index contributed by atoms with van der Waals surface area (Å²) in [6.07, 6.45) is 0. The third-order valence-corrected chi connectivity index (χ3v) is 3.91. The Hall–Kier alpha value is -1.66. The van der Waals surface area contributed by atoms with Crippen LogP contribution in [0.25, 0.3) is 0 Å². The molecule has 1 fully saturated rings. The number of para-hydroxylation sites is 1. The highest BCUT2D eigenvalue weighted by molar-refractivity contribution is 7.15. The first kappa shape index (κ1) is 12.4. The standard InChI is InChI=1S/C13H16N4OS/c1-2-4-11(5-3-1)18-10-12-15-16-13(19-12)17-8-6-14-7-9-17/h1-5,14H,6-10H2. The number of rotatable bonds is 4. The minimum atomic E-state index is 0.480. The second kappa shape index (κ2) is 5.99. The summed E-state index contributed by atoms with van der Waals surface area (Å²) < 4.78 is 5.67. The number of piperazine rings is 1. The molecule has 0 unspecified atom stereocenters.